The molecule has 136 valence electrons. The number of piperidine rings is 1. The third-order valence-electron chi connectivity index (χ3n) is 4.48. The summed E-state index contributed by atoms with van der Waals surface area (Å²) >= 11 is 1.76. The Hall–Kier alpha value is -1.11. The van der Waals surface area contributed by atoms with Crippen LogP contribution in [0.5, 0.6) is 0 Å². The van der Waals surface area contributed by atoms with Crippen molar-refractivity contribution in [2.24, 2.45) is 4.99 Å². The quantitative estimate of drug-likeness (QED) is 0.443. The van der Waals surface area contributed by atoms with E-state index in [2.05, 4.69) is 39.0 Å². The van der Waals surface area contributed by atoms with Crippen LogP contribution < -0.4 is 5.32 Å². The molecule has 2 heterocycles. The zero-order chi connectivity index (χ0) is 17.2. The monoisotopic (exact) mass is 353 g/mol. The van der Waals surface area contributed by atoms with Crippen LogP contribution in [0, 0.1) is 0 Å². The minimum absolute atomic E-state index is 0.376. The van der Waals surface area contributed by atoms with Gasteiger partial charge in [0.15, 0.2) is 5.96 Å². The molecule has 6 heteroatoms. The number of nitrogens with zero attached hydrogens (tertiary/aromatic N) is 2. The summed E-state index contributed by atoms with van der Waals surface area (Å²) in [6.45, 7) is 6.74. The molecular weight excluding hydrogens is 322 g/mol. The van der Waals surface area contributed by atoms with Crippen molar-refractivity contribution in [1.29, 1.82) is 0 Å². The van der Waals surface area contributed by atoms with Crippen LogP contribution >= 0.6 is 11.3 Å². The van der Waals surface area contributed by atoms with Crippen LogP contribution in [0.15, 0.2) is 21.8 Å². The fourth-order valence-electron chi connectivity index (χ4n) is 2.94. The molecule has 5 nitrogen and oxygen atoms in total. The first-order valence-corrected chi connectivity index (χ1v) is 9.77. The third-order valence-corrected chi connectivity index (χ3v) is 5.18. The van der Waals surface area contributed by atoms with Crippen molar-refractivity contribution in [1.82, 2.24) is 10.2 Å². The maximum absolute atomic E-state index is 5.93. The molecule has 1 saturated heterocycles. The first-order valence-electron chi connectivity index (χ1n) is 8.82. The van der Waals surface area contributed by atoms with Crippen molar-refractivity contribution in [2.75, 3.05) is 47.0 Å². The lowest BCUT2D eigenvalue weighted by molar-refractivity contribution is 0.00990. The molecule has 0 aliphatic carbocycles. The molecule has 0 aromatic carbocycles. The maximum Gasteiger partial charge on any atom is 0.193 e. The predicted molar refractivity (Wildman–Crippen MR) is 101 cm³/mol. The molecule has 1 unspecified atom stereocenters. The van der Waals surface area contributed by atoms with Crippen LogP contribution in [0.25, 0.3) is 0 Å². The van der Waals surface area contributed by atoms with Gasteiger partial charge < -0.3 is 19.7 Å². The molecule has 0 bridgehead atoms. The average molecular weight is 354 g/mol. The Kier molecular flexibility index (Phi) is 8.56. The van der Waals surface area contributed by atoms with Crippen LogP contribution in [0.1, 0.15) is 37.7 Å². The van der Waals surface area contributed by atoms with Crippen LogP contribution in [0.4, 0.5) is 0 Å². The number of hydrogen-bond donors (Lipinski definition) is 1. The number of hydrogen-bond acceptors (Lipinski definition) is 4. The van der Waals surface area contributed by atoms with Gasteiger partial charge in [0.1, 0.15) is 0 Å². The summed E-state index contributed by atoms with van der Waals surface area (Å²) in [6.07, 6.45) is 3.48. The van der Waals surface area contributed by atoms with E-state index in [0.29, 0.717) is 12.0 Å². The highest BCUT2D eigenvalue weighted by Crippen LogP contribution is 2.18. The minimum atomic E-state index is 0.376. The largest absolute Gasteiger partial charge is 0.385 e. The van der Waals surface area contributed by atoms with Gasteiger partial charge in [-0.25, -0.2) is 0 Å². The van der Waals surface area contributed by atoms with Crippen molar-refractivity contribution in [3.05, 3.63) is 22.4 Å². The highest BCUT2D eigenvalue weighted by Gasteiger charge is 2.22. The fraction of sp³-hybridized carbons (Fsp3) is 0.722. The van der Waals surface area contributed by atoms with E-state index in [1.807, 2.05) is 7.05 Å². The zero-order valence-electron chi connectivity index (χ0n) is 15.2. The number of thiophene rings is 1. The second-order valence-electron chi connectivity index (χ2n) is 6.29. The lowest BCUT2D eigenvalue weighted by Gasteiger charge is -2.34. The van der Waals surface area contributed by atoms with E-state index in [1.165, 1.54) is 5.56 Å². The summed E-state index contributed by atoms with van der Waals surface area (Å²) < 4.78 is 11.0. The molecule has 0 saturated carbocycles. The van der Waals surface area contributed by atoms with E-state index < -0.39 is 0 Å². The SMILES string of the molecule is CN=C(NCC(C)c1ccsc1)N1CCC(OCCCOC)CC1. The molecule has 0 radical (unpaired) electrons. The van der Waals surface area contributed by atoms with Crippen LogP contribution in [-0.4, -0.2) is 64.0 Å². The van der Waals surface area contributed by atoms with Crippen molar-refractivity contribution >= 4 is 17.3 Å². The van der Waals surface area contributed by atoms with E-state index >= 15 is 0 Å². The number of ether oxygens (including phenoxy) is 2. The average Bonchev–Trinajstić information content (AvgIpc) is 3.15. The topological polar surface area (TPSA) is 46.1 Å². The summed E-state index contributed by atoms with van der Waals surface area (Å²) in [6, 6.07) is 2.20. The lowest BCUT2D eigenvalue weighted by atomic mass is 10.1. The highest BCUT2D eigenvalue weighted by molar-refractivity contribution is 7.07. The maximum atomic E-state index is 5.93. The molecule has 0 spiro atoms. The Morgan fingerprint density at radius 2 is 2.21 bits per heavy atom. The Morgan fingerprint density at radius 3 is 2.83 bits per heavy atom. The molecule has 1 fully saturated rings. The van der Waals surface area contributed by atoms with E-state index in [9.17, 15) is 0 Å². The van der Waals surface area contributed by atoms with Crippen molar-refractivity contribution in [3.63, 3.8) is 0 Å². The van der Waals surface area contributed by atoms with Crippen LogP contribution in [0.3, 0.4) is 0 Å². The fourth-order valence-corrected chi connectivity index (χ4v) is 3.72. The van der Waals surface area contributed by atoms with E-state index in [0.717, 1.165) is 58.1 Å². The number of methoxy groups -OCH3 is 1. The van der Waals surface area contributed by atoms with Gasteiger partial charge in [-0.3, -0.25) is 4.99 Å². The first-order chi connectivity index (χ1) is 11.7. The van der Waals surface area contributed by atoms with E-state index in [1.54, 1.807) is 18.4 Å². The summed E-state index contributed by atoms with van der Waals surface area (Å²) in [5.41, 5.74) is 1.39. The molecule has 1 atom stereocenters. The molecule has 1 N–H and O–H groups in total. The second-order valence-corrected chi connectivity index (χ2v) is 7.07. The minimum Gasteiger partial charge on any atom is -0.385 e. The molecular formula is C18H31N3O2S. The Bertz CT molecular complexity index is 471. The van der Waals surface area contributed by atoms with Gasteiger partial charge in [-0.15, -0.1) is 0 Å². The first kappa shape index (κ1) is 19.2. The number of aliphatic imine (C=N–C) groups is 1. The van der Waals surface area contributed by atoms with Crippen molar-refractivity contribution in [2.45, 2.75) is 38.2 Å². The van der Waals surface area contributed by atoms with Crippen LogP contribution in [0.2, 0.25) is 0 Å². The molecule has 24 heavy (non-hydrogen) atoms. The molecule has 1 aliphatic rings. The molecule has 1 aromatic rings. The smallest absolute Gasteiger partial charge is 0.193 e. The number of guanidine groups is 1. The molecule has 1 aliphatic heterocycles. The molecule has 0 amide bonds. The highest BCUT2D eigenvalue weighted by atomic mass is 32.1. The van der Waals surface area contributed by atoms with Gasteiger partial charge in [-0.1, -0.05) is 6.92 Å². The van der Waals surface area contributed by atoms with Crippen molar-refractivity contribution in [3.8, 4) is 0 Å². The van der Waals surface area contributed by atoms with Gasteiger partial charge in [-0.2, -0.15) is 11.3 Å². The normalized spacial score (nSPS) is 18.0. The zero-order valence-corrected chi connectivity index (χ0v) is 16.0. The molecule has 1 aromatic heterocycles. The number of rotatable bonds is 8. The Labute approximate surface area is 150 Å². The van der Waals surface area contributed by atoms with Gasteiger partial charge in [-0.05, 0) is 47.6 Å². The van der Waals surface area contributed by atoms with Crippen LogP contribution in [-0.2, 0) is 9.47 Å². The van der Waals surface area contributed by atoms with Gasteiger partial charge in [0.05, 0.1) is 6.10 Å². The summed E-state index contributed by atoms with van der Waals surface area (Å²) in [4.78, 5) is 6.80. The van der Waals surface area contributed by atoms with Gasteiger partial charge >= 0.3 is 0 Å². The van der Waals surface area contributed by atoms with Crippen molar-refractivity contribution < 1.29 is 9.47 Å². The summed E-state index contributed by atoms with van der Waals surface area (Å²) in [5, 5.41) is 7.89. The lowest BCUT2D eigenvalue weighted by Crippen LogP contribution is -2.47. The standard InChI is InChI=1S/C18H31N3O2S/c1-15(16-7-12-24-14-16)13-20-18(19-2)21-8-5-17(6-9-21)23-11-4-10-22-3/h7,12,14-15,17H,4-6,8-11,13H2,1-3H3,(H,19,20). The second kappa shape index (κ2) is 10.7. The Balaban J connectivity index is 1.69. The Morgan fingerprint density at radius 1 is 1.42 bits per heavy atom. The summed E-state index contributed by atoms with van der Waals surface area (Å²) in [7, 11) is 3.60. The number of likely N-dealkylation sites (tertiary alicyclic amines) is 1. The predicted octanol–water partition coefficient (Wildman–Crippen LogP) is 2.94. The third kappa shape index (κ3) is 6.07. The van der Waals surface area contributed by atoms with E-state index in [-0.39, 0.29) is 0 Å². The van der Waals surface area contributed by atoms with Gasteiger partial charge in [0.25, 0.3) is 0 Å². The summed E-state index contributed by atoms with van der Waals surface area (Å²) in [5.74, 6) is 1.50. The van der Waals surface area contributed by atoms with E-state index in [4.69, 9.17) is 9.47 Å². The molecule has 2 rings (SSSR count). The van der Waals surface area contributed by atoms with Gasteiger partial charge in [0, 0.05) is 47.0 Å². The number of nitrogens with one attached hydrogen (secondary N) is 1. The van der Waals surface area contributed by atoms with Gasteiger partial charge in [0.2, 0.25) is 0 Å².